The minimum atomic E-state index is -0.946. The lowest BCUT2D eigenvalue weighted by Gasteiger charge is -2.15. The Balaban J connectivity index is 1.64. The van der Waals surface area contributed by atoms with Gasteiger partial charge in [-0.3, -0.25) is 4.79 Å². The van der Waals surface area contributed by atoms with Crippen LogP contribution in [0.2, 0.25) is 0 Å². The molecule has 0 radical (unpaired) electrons. The van der Waals surface area contributed by atoms with Crippen LogP contribution in [0.5, 0.6) is 5.75 Å². The average Bonchev–Trinajstić information content (AvgIpc) is 2.72. The van der Waals surface area contributed by atoms with Crippen molar-refractivity contribution in [2.24, 2.45) is 0 Å². The van der Waals surface area contributed by atoms with Gasteiger partial charge >= 0.3 is 5.97 Å². The van der Waals surface area contributed by atoms with Gasteiger partial charge in [0.25, 0.3) is 5.91 Å². The van der Waals surface area contributed by atoms with Crippen LogP contribution in [0.25, 0.3) is 11.0 Å². The molecule has 1 atom stereocenters. The number of hydrogen-bond donors (Lipinski definition) is 1. The molecule has 2 aromatic carbocycles. The van der Waals surface area contributed by atoms with E-state index < -0.39 is 18.0 Å². The molecular formula is C22H23N3O4. The van der Waals surface area contributed by atoms with Crippen molar-refractivity contribution in [1.82, 2.24) is 15.3 Å². The first-order valence-electron chi connectivity index (χ1n) is 9.24. The van der Waals surface area contributed by atoms with Crippen LogP contribution in [0.4, 0.5) is 0 Å². The largest absolute Gasteiger partial charge is 0.496 e. The van der Waals surface area contributed by atoms with Crippen LogP contribution in [0.3, 0.4) is 0 Å². The van der Waals surface area contributed by atoms with Gasteiger partial charge in [0.2, 0.25) is 0 Å². The minimum absolute atomic E-state index is 0.273. The van der Waals surface area contributed by atoms with Gasteiger partial charge in [0.15, 0.2) is 6.10 Å². The molecule has 0 spiro atoms. The number of methoxy groups -OCH3 is 1. The zero-order valence-corrected chi connectivity index (χ0v) is 16.9. The Hall–Kier alpha value is -3.48. The van der Waals surface area contributed by atoms with Crippen molar-refractivity contribution in [2.45, 2.75) is 33.4 Å². The highest BCUT2D eigenvalue weighted by Crippen LogP contribution is 2.17. The summed E-state index contributed by atoms with van der Waals surface area (Å²) in [5.74, 6) is -0.302. The number of para-hydroxylation sites is 1. The van der Waals surface area contributed by atoms with Crippen molar-refractivity contribution < 1.29 is 19.1 Å². The van der Waals surface area contributed by atoms with Gasteiger partial charge in [0.05, 0.1) is 35.1 Å². The number of rotatable bonds is 6. The molecule has 150 valence electrons. The average molecular weight is 393 g/mol. The molecule has 0 aliphatic heterocycles. The topological polar surface area (TPSA) is 90.4 Å². The first-order valence-corrected chi connectivity index (χ1v) is 9.24. The van der Waals surface area contributed by atoms with E-state index in [2.05, 4.69) is 15.3 Å². The molecule has 0 bridgehead atoms. The second kappa shape index (κ2) is 8.68. The number of aromatic nitrogens is 2. The van der Waals surface area contributed by atoms with Gasteiger partial charge in [0, 0.05) is 12.1 Å². The van der Waals surface area contributed by atoms with Crippen LogP contribution in [0, 0.1) is 13.8 Å². The van der Waals surface area contributed by atoms with Gasteiger partial charge in [-0.1, -0.05) is 18.2 Å². The molecule has 1 N–H and O–H groups in total. The number of ether oxygens (including phenoxy) is 2. The summed E-state index contributed by atoms with van der Waals surface area (Å²) in [6, 6.07) is 12.3. The molecular weight excluding hydrogens is 370 g/mol. The lowest BCUT2D eigenvalue weighted by Crippen LogP contribution is -2.35. The third kappa shape index (κ3) is 4.68. The molecule has 1 unspecified atom stereocenters. The lowest BCUT2D eigenvalue weighted by atomic mass is 10.2. The Kier molecular flexibility index (Phi) is 6.07. The van der Waals surface area contributed by atoms with E-state index in [1.54, 1.807) is 25.3 Å². The summed E-state index contributed by atoms with van der Waals surface area (Å²) in [6.07, 6.45) is -0.946. The van der Waals surface area contributed by atoms with E-state index in [0.717, 1.165) is 17.0 Å². The zero-order valence-electron chi connectivity index (χ0n) is 16.9. The summed E-state index contributed by atoms with van der Waals surface area (Å²) < 4.78 is 10.6. The SMILES string of the molecule is COc1ccccc1CNC(=O)C(C)OC(=O)c1ccc2nc(C)c(C)nc2c1. The number of nitrogens with zero attached hydrogens (tertiary/aromatic N) is 2. The van der Waals surface area contributed by atoms with Crippen LogP contribution < -0.4 is 10.1 Å². The number of hydrogen-bond acceptors (Lipinski definition) is 6. The van der Waals surface area contributed by atoms with Crippen molar-refractivity contribution in [3.05, 3.63) is 65.0 Å². The number of benzene rings is 2. The fraction of sp³-hybridized carbons (Fsp3) is 0.273. The van der Waals surface area contributed by atoms with E-state index in [1.165, 1.54) is 6.92 Å². The highest BCUT2D eigenvalue weighted by Gasteiger charge is 2.19. The normalized spacial score (nSPS) is 11.7. The summed E-state index contributed by atoms with van der Waals surface area (Å²) in [5, 5.41) is 2.76. The Morgan fingerprint density at radius 3 is 2.45 bits per heavy atom. The van der Waals surface area contributed by atoms with Gasteiger partial charge < -0.3 is 14.8 Å². The Morgan fingerprint density at radius 2 is 1.72 bits per heavy atom. The molecule has 0 saturated heterocycles. The van der Waals surface area contributed by atoms with Gasteiger partial charge in [-0.25, -0.2) is 14.8 Å². The number of amides is 1. The third-order valence-corrected chi connectivity index (χ3v) is 4.61. The van der Waals surface area contributed by atoms with E-state index in [9.17, 15) is 9.59 Å². The van der Waals surface area contributed by atoms with Crippen molar-refractivity contribution in [2.75, 3.05) is 7.11 Å². The molecule has 1 heterocycles. The molecule has 3 rings (SSSR count). The monoisotopic (exact) mass is 393 g/mol. The zero-order chi connectivity index (χ0) is 21.0. The molecule has 7 nitrogen and oxygen atoms in total. The number of aryl methyl sites for hydroxylation is 2. The second-order valence-corrected chi connectivity index (χ2v) is 6.68. The molecule has 1 aromatic heterocycles. The standard InChI is InChI=1S/C22H23N3O4/c1-13-14(2)25-19-11-16(9-10-18(19)24-13)22(27)29-15(3)21(26)23-12-17-7-5-6-8-20(17)28-4/h5-11,15H,12H2,1-4H3,(H,23,26). The number of carbonyl (C=O) groups is 2. The summed E-state index contributed by atoms with van der Waals surface area (Å²) in [5.41, 5.74) is 4.10. The van der Waals surface area contributed by atoms with E-state index in [1.807, 2.05) is 38.1 Å². The Labute approximate surface area is 169 Å². The predicted molar refractivity (Wildman–Crippen MR) is 109 cm³/mol. The number of nitrogens with one attached hydrogen (secondary N) is 1. The fourth-order valence-corrected chi connectivity index (χ4v) is 2.81. The van der Waals surface area contributed by atoms with Crippen LogP contribution in [0.15, 0.2) is 42.5 Å². The third-order valence-electron chi connectivity index (χ3n) is 4.61. The van der Waals surface area contributed by atoms with Crippen molar-refractivity contribution >= 4 is 22.9 Å². The van der Waals surface area contributed by atoms with Gasteiger partial charge in [-0.2, -0.15) is 0 Å². The lowest BCUT2D eigenvalue weighted by molar-refractivity contribution is -0.129. The van der Waals surface area contributed by atoms with Crippen molar-refractivity contribution in [3.8, 4) is 5.75 Å². The fourth-order valence-electron chi connectivity index (χ4n) is 2.81. The smallest absolute Gasteiger partial charge is 0.338 e. The van der Waals surface area contributed by atoms with Crippen molar-refractivity contribution in [1.29, 1.82) is 0 Å². The molecule has 7 heteroatoms. The maximum Gasteiger partial charge on any atom is 0.338 e. The van der Waals surface area contributed by atoms with Crippen LogP contribution >= 0.6 is 0 Å². The quantitative estimate of drug-likeness (QED) is 0.647. The first kappa shape index (κ1) is 20.3. The van der Waals surface area contributed by atoms with Crippen LogP contribution in [0.1, 0.15) is 34.2 Å². The molecule has 0 aliphatic rings. The second-order valence-electron chi connectivity index (χ2n) is 6.68. The number of carbonyl (C=O) groups excluding carboxylic acids is 2. The number of fused-ring (bicyclic) bond motifs is 1. The van der Waals surface area contributed by atoms with Crippen LogP contribution in [-0.4, -0.2) is 35.1 Å². The Morgan fingerprint density at radius 1 is 1.03 bits per heavy atom. The number of esters is 1. The highest BCUT2D eigenvalue weighted by molar-refractivity contribution is 5.95. The summed E-state index contributed by atoms with van der Waals surface area (Å²) in [4.78, 5) is 33.7. The maximum absolute atomic E-state index is 12.5. The summed E-state index contributed by atoms with van der Waals surface area (Å²) >= 11 is 0. The summed E-state index contributed by atoms with van der Waals surface area (Å²) in [6.45, 7) is 5.55. The molecule has 1 amide bonds. The van der Waals surface area contributed by atoms with E-state index >= 15 is 0 Å². The van der Waals surface area contributed by atoms with E-state index in [-0.39, 0.29) is 6.54 Å². The highest BCUT2D eigenvalue weighted by atomic mass is 16.5. The molecule has 0 aliphatic carbocycles. The van der Waals surface area contributed by atoms with Gasteiger partial charge in [-0.05, 0) is 45.0 Å². The van der Waals surface area contributed by atoms with Crippen LogP contribution in [-0.2, 0) is 16.1 Å². The van der Waals surface area contributed by atoms with Gasteiger partial charge in [0.1, 0.15) is 5.75 Å². The molecule has 0 saturated carbocycles. The minimum Gasteiger partial charge on any atom is -0.496 e. The van der Waals surface area contributed by atoms with E-state index in [4.69, 9.17) is 9.47 Å². The van der Waals surface area contributed by atoms with Gasteiger partial charge in [-0.15, -0.1) is 0 Å². The maximum atomic E-state index is 12.5. The summed E-state index contributed by atoms with van der Waals surface area (Å²) in [7, 11) is 1.57. The Bertz CT molecular complexity index is 1070. The van der Waals surface area contributed by atoms with E-state index in [0.29, 0.717) is 22.3 Å². The molecule has 3 aromatic rings. The van der Waals surface area contributed by atoms with Crippen molar-refractivity contribution in [3.63, 3.8) is 0 Å². The first-order chi connectivity index (χ1) is 13.9. The molecule has 0 fully saturated rings. The predicted octanol–water partition coefficient (Wildman–Crippen LogP) is 3.12. The molecule has 29 heavy (non-hydrogen) atoms.